The normalized spacial score (nSPS) is 33.7. The Morgan fingerprint density at radius 3 is 2.33 bits per heavy atom. The molecule has 1 N–H and O–H groups in total. The Labute approximate surface area is 118 Å². The first-order valence-electron chi connectivity index (χ1n) is 6.20. The summed E-state index contributed by atoms with van der Waals surface area (Å²) in [4.78, 5) is 0. The zero-order chi connectivity index (χ0) is 13.4. The van der Waals surface area contributed by atoms with E-state index in [-0.39, 0.29) is 18.1 Å². The molecule has 1 aliphatic heterocycles. The van der Waals surface area contributed by atoms with E-state index in [1.807, 2.05) is 13.8 Å². The van der Waals surface area contributed by atoms with Crippen LogP contribution in [-0.2, 0) is 4.74 Å². The maximum atomic E-state index is 10.5. The predicted octanol–water partition coefficient (Wildman–Crippen LogP) is 4.09. The average Bonchev–Trinajstić information content (AvgIpc) is 2.52. The summed E-state index contributed by atoms with van der Waals surface area (Å²) in [5.74, 6) is 0.348. The van der Waals surface area contributed by atoms with Crippen molar-refractivity contribution in [3.05, 3.63) is 33.8 Å². The Kier molecular flexibility index (Phi) is 4.22. The second-order valence-corrected chi connectivity index (χ2v) is 5.94. The third kappa shape index (κ3) is 2.53. The summed E-state index contributed by atoms with van der Waals surface area (Å²) in [6.07, 6.45) is -0.438. The van der Waals surface area contributed by atoms with Gasteiger partial charge in [-0.2, -0.15) is 0 Å². The fourth-order valence-electron chi connectivity index (χ4n) is 2.79. The lowest BCUT2D eigenvalue weighted by atomic mass is 9.82. The zero-order valence-electron chi connectivity index (χ0n) is 10.7. The molecule has 18 heavy (non-hydrogen) atoms. The van der Waals surface area contributed by atoms with Crippen molar-refractivity contribution < 1.29 is 9.84 Å². The Hall–Kier alpha value is -0.280. The van der Waals surface area contributed by atoms with E-state index in [2.05, 4.69) is 6.92 Å². The van der Waals surface area contributed by atoms with Crippen LogP contribution in [0, 0.1) is 11.8 Å². The van der Waals surface area contributed by atoms with Crippen molar-refractivity contribution in [2.24, 2.45) is 11.8 Å². The Balaban J connectivity index is 2.28. The van der Waals surface area contributed by atoms with Crippen molar-refractivity contribution in [2.45, 2.75) is 39.1 Å². The molecule has 0 spiro atoms. The highest BCUT2D eigenvalue weighted by Gasteiger charge is 2.42. The molecule has 0 radical (unpaired) electrons. The molecule has 5 unspecified atom stereocenters. The van der Waals surface area contributed by atoms with Gasteiger partial charge in [0, 0.05) is 16.0 Å². The van der Waals surface area contributed by atoms with Gasteiger partial charge in [-0.05, 0) is 37.5 Å². The molecule has 0 aliphatic carbocycles. The van der Waals surface area contributed by atoms with Crippen LogP contribution in [0.2, 0.25) is 10.0 Å². The lowest BCUT2D eigenvalue weighted by Crippen LogP contribution is -2.25. The third-order valence-electron chi connectivity index (χ3n) is 3.96. The number of halogens is 2. The number of aliphatic hydroxyl groups excluding tert-OH is 1. The lowest BCUT2D eigenvalue weighted by Gasteiger charge is -2.25. The molecule has 2 nitrogen and oxygen atoms in total. The van der Waals surface area contributed by atoms with Gasteiger partial charge in [0.1, 0.15) is 0 Å². The molecule has 2 rings (SSSR count). The summed E-state index contributed by atoms with van der Waals surface area (Å²) < 4.78 is 5.76. The first-order valence-corrected chi connectivity index (χ1v) is 6.96. The second kappa shape index (κ2) is 5.38. The number of rotatable bonds is 2. The number of aliphatic hydroxyl groups is 1. The minimum absolute atomic E-state index is 0.0248. The summed E-state index contributed by atoms with van der Waals surface area (Å²) in [5, 5.41) is 11.6. The number of ether oxygens (including phenoxy) is 1. The molecule has 1 aliphatic rings. The van der Waals surface area contributed by atoms with Gasteiger partial charge in [-0.1, -0.05) is 36.2 Å². The van der Waals surface area contributed by atoms with Crippen molar-refractivity contribution in [1.82, 2.24) is 0 Å². The predicted molar refractivity (Wildman–Crippen MR) is 74.1 cm³/mol. The van der Waals surface area contributed by atoms with Crippen molar-refractivity contribution in [3.63, 3.8) is 0 Å². The van der Waals surface area contributed by atoms with E-state index in [4.69, 9.17) is 27.9 Å². The van der Waals surface area contributed by atoms with E-state index in [1.54, 1.807) is 18.2 Å². The molecule has 1 fully saturated rings. The van der Waals surface area contributed by atoms with E-state index < -0.39 is 6.10 Å². The molecular formula is C14H18Cl2O2. The maximum Gasteiger partial charge on any atom is 0.0860 e. The average molecular weight is 289 g/mol. The fourth-order valence-corrected chi connectivity index (χ4v) is 3.31. The van der Waals surface area contributed by atoms with Crippen molar-refractivity contribution in [3.8, 4) is 0 Å². The topological polar surface area (TPSA) is 29.5 Å². The second-order valence-electron chi connectivity index (χ2n) is 5.09. The summed E-state index contributed by atoms with van der Waals surface area (Å²) in [7, 11) is 0. The molecular weight excluding hydrogens is 271 g/mol. The standard InChI is InChI=1S/C14H18Cl2O2/c1-7-8(2)18-9(3)13(7)14(17)11-5-4-10(15)6-12(11)16/h4-9,13-14,17H,1-3H3. The van der Waals surface area contributed by atoms with Crippen molar-refractivity contribution in [2.75, 3.05) is 0 Å². The van der Waals surface area contributed by atoms with Crippen LogP contribution in [-0.4, -0.2) is 17.3 Å². The number of hydrogen-bond acceptors (Lipinski definition) is 2. The van der Waals surface area contributed by atoms with E-state index in [0.717, 1.165) is 5.56 Å². The Morgan fingerprint density at radius 1 is 1.17 bits per heavy atom. The molecule has 0 aromatic heterocycles. The van der Waals surface area contributed by atoms with Gasteiger partial charge >= 0.3 is 0 Å². The number of benzene rings is 1. The molecule has 1 aromatic carbocycles. The molecule has 5 atom stereocenters. The minimum atomic E-state index is -0.621. The quantitative estimate of drug-likeness (QED) is 0.888. The van der Waals surface area contributed by atoms with Crippen LogP contribution in [0.3, 0.4) is 0 Å². The van der Waals surface area contributed by atoms with E-state index in [0.29, 0.717) is 16.0 Å². The third-order valence-corrected chi connectivity index (χ3v) is 4.53. The molecule has 0 bridgehead atoms. The highest BCUT2D eigenvalue weighted by molar-refractivity contribution is 6.35. The SMILES string of the molecule is CC1OC(C)C(C(O)c2ccc(Cl)cc2Cl)C1C. The van der Waals surface area contributed by atoms with E-state index in [9.17, 15) is 5.11 Å². The molecule has 1 saturated heterocycles. The summed E-state index contributed by atoms with van der Waals surface area (Å²) >= 11 is 12.0. The largest absolute Gasteiger partial charge is 0.388 e. The molecule has 0 saturated carbocycles. The smallest absolute Gasteiger partial charge is 0.0860 e. The Bertz CT molecular complexity index is 436. The van der Waals surface area contributed by atoms with Gasteiger partial charge in [0.15, 0.2) is 0 Å². The lowest BCUT2D eigenvalue weighted by molar-refractivity contribution is 0.0231. The fraction of sp³-hybridized carbons (Fsp3) is 0.571. The van der Waals surface area contributed by atoms with Crippen LogP contribution >= 0.6 is 23.2 Å². The molecule has 100 valence electrons. The van der Waals surface area contributed by atoms with Crippen molar-refractivity contribution >= 4 is 23.2 Å². The van der Waals surface area contributed by atoms with Crippen LogP contribution in [0.25, 0.3) is 0 Å². The molecule has 4 heteroatoms. The number of hydrogen-bond donors (Lipinski definition) is 1. The van der Waals surface area contributed by atoms with Gasteiger partial charge in [-0.15, -0.1) is 0 Å². The first kappa shape index (κ1) is 14.1. The zero-order valence-corrected chi connectivity index (χ0v) is 12.2. The molecule has 1 heterocycles. The van der Waals surface area contributed by atoms with Gasteiger partial charge < -0.3 is 9.84 Å². The Morgan fingerprint density at radius 2 is 1.83 bits per heavy atom. The monoisotopic (exact) mass is 288 g/mol. The first-order chi connectivity index (χ1) is 8.41. The van der Waals surface area contributed by atoms with Crippen LogP contribution in [0.5, 0.6) is 0 Å². The highest BCUT2D eigenvalue weighted by atomic mass is 35.5. The summed E-state index contributed by atoms with van der Waals surface area (Å²) in [6, 6.07) is 5.20. The highest BCUT2D eigenvalue weighted by Crippen LogP contribution is 2.42. The van der Waals surface area contributed by atoms with Gasteiger partial charge in [0.25, 0.3) is 0 Å². The van der Waals surface area contributed by atoms with E-state index in [1.165, 1.54) is 0 Å². The van der Waals surface area contributed by atoms with Crippen LogP contribution in [0.1, 0.15) is 32.4 Å². The van der Waals surface area contributed by atoms with Gasteiger partial charge in [-0.3, -0.25) is 0 Å². The van der Waals surface area contributed by atoms with Crippen LogP contribution < -0.4 is 0 Å². The summed E-state index contributed by atoms with van der Waals surface area (Å²) in [6.45, 7) is 6.14. The molecule has 0 amide bonds. The van der Waals surface area contributed by atoms with Crippen LogP contribution in [0.4, 0.5) is 0 Å². The minimum Gasteiger partial charge on any atom is -0.388 e. The van der Waals surface area contributed by atoms with E-state index >= 15 is 0 Å². The molecule has 1 aromatic rings. The van der Waals surface area contributed by atoms with Gasteiger partial charge in [0.2, 0.25) is 0 Å². The summed E-state index contributed by atoms with van der Waals surface area (Å²) in [5.41, 5.74) is 0.725. The van der Waals surface area contributed by atoms with Crippen LogP contribution in [0.15, 0.2) is 18.2 Å². The van der Waals surface area contributed by atoms with Crippen molar-refractivity contribution in [1.29, 1.82) is 0 Å². The van der Waals surface area contributed by atoms with Gasteiger partial charge in [-0.25, -0.2) is 0 Å². The maximum absolute atomic E-state index is 10.5. The van der Waals surface area contributed by atoms with Gasteiger partial charge in [0.05, 0.1) is 18.3 Å².